The zero-order valence-electron chi connectivity index (χ0n) is 21.3. The summed E-state index contributed by atoms with van der Waals surface area (Å²) in [4.78, 5) is 54.1. The average molecular weight is 537 g/mol. The van der Waals surface area contributed by atoms with Gasteiger partial charge in [-0.15, -0.1) is 0 Å². The predicted molar refractivity (Wildman–Crippen MR) is 138 cm³/mol. The number of thiazole rings is 1. The number of rotatable bonds is 6. The molecule has 0 N–H and O–H groups in total. The molecule has 0 saturated heterocycles. The Morgan fingerprint density at radius 1 is 0.974 bits per heavy atom. The van der Waals surface area contributed by atoms with Gasteiger partial charge in [0.2, 0.25) is 0 Å². The third-order valence-electron chi connectivity index (χ3n) is 5.62. The molecule has 0 spiro atoms. The Labute approximate surface area is 221 Å². The molecular formula is C27H24N2O8S. The number of hydrogen-bond donors (Lipinski definition) is 0. The number of aromatic nitrogens is 1. The largest absolute Gasteiger partial charge is 0.493 e. The van der Waals surface area contributed by atoms with Crippen LogP contribution in [0, 0.1) is 0 Å². The maximum Gasteiger partial charge on any atom is 0.338 e. The van der Waals surface area contributed by atoms with E-state index in [0.717, 1.165) is 0 Å². The molecule has 1 aliphatic heterocycles. The fraction of sp³-hybridized carbons (Fsp3) is 0.222. The first kappa shape index (κ1) is 26.6. The van der Waals surface area contributed by atoms with Gasteiger partial charge in [-0.2, -0.15) is 0 Å². The van der Waals surface area contributed by atoms with Gasteiger partial charge in [-0.3, -0.25) is 19.0 Å². The second-order valence-electron chi connectivity index (χ2n) is 8.24. The third kappa shape index (κ3) is 5.28. The molecule has 0 aliphatic carbocycles. The molecule has 0 unspecified atom stereocenters. The zero-order chi connectivity index (χ0) is 27.6. The molecule has 0 bridgehead atoms. The van der Waals surface area contributed by atoms with Crippen LogP contribution >= 0.6 is 11.3 Å². The molecule has 3 aromatic rings. The summed E-state index contributed by atoms with van der Waals surface area (Å²) < 4.78 is 22.4. The van der Waals surface area contributed by atoms with Crippen LogP contribution in [0.5, 0.6) is 17.2 Å². The topological polar surface area (TPSA) is 122 Å². The van der Waals surface area contributed by atoms with Gasteiger partial charge >= 0.3 is 17.9 Å². The van der Waals surface area contributed by atoms with Crippen molar-refractivity contribution in [3.63, 3.8) is 0 Å². The highest BCUT2D eigenvalue weighted by atomic mass is 32.1. The Morgan fingerprint density at radius 2 is 1.66 bits per heavy atom. The summed E-state index contributed by atoms with van der Waals surface area (Å²) in [6, 6.07) is 10.6. The van der Waals surface area contributed by atoms with Crippen molar-refractivity contribution in [3.05, 3.63) is 84.5 Å². The molecule has 0 saturated carbocycles. The molecule has 1 aliphatic rings. The van der Waals surface area contributed by atoms with Gasteiger partial charge in [-0.1, -0.05) is 29.5 Å². The minimum atomic E-state index is -0.812. The Balaban J connectivity index is 1.86. The highest BCUT2D eigenvalue weighted by Crippen LogP contribution is 2.32. The maximum absolute atomic E-state index is 13.7. The van der Waals surface area contributed by atoms with E-state index in [4.69, 9.17) is 18.9 Å². The van der Waals surface area contributed by atoms with E-state index in [9.17, 15) is 19.2 Å². The van der Waals surface area contributed by atoms with Gasteiger partial charge in [0.1, 0.15) is 5.75 Å². The van der Waals surface area contributed by atoms with E-state index >= 15 is 0 Å². The smallest absolute Gasteiger partial charge is 0.338 e. The van der Waals surface area contributed by atoms with Crippen LogP contribution in [0.3, 0.4) is 0 Å². The Bertz CT molecular complexity index is 1650. The molecule has 0 radical (unpaired) electrons. The third-order valence-corrected chi connectivity index (χ3v) is 6.61. The number of methoxy groups -OCH3 is 2. The summed E-state index contributed by atoms with van der Waals surface area (Å²) in [5, 5.41) is 0. The number of carbonyl (C=O) groups excluding carboxylic acids is 3. The fourth-order valence-electron chi connectivity index (χ4n) is 4.06. The molecular weight excluding hydrogens is 512 g/mol. The molecule has 4 rings (SSSR count). The summed E-state index contributed by atoms with van der Waals surface area (Å²) in [6.45, 7) is 4.27. The van der Waals surface area contributed by atoms with Gasteiger partial charge in [-0.05, 0) is 48.4 Å². The fourth-order valence-corrected chi connectivity index (χ4v) is 5.10. The molecule has 0 fully saturated rings. The van der Waals surface area contributed by atoms with Crippen LogP contribution in [0.15, 0.2) is 63.5 Å². The standard InChI is InChI=1S/C27H24N2O8S/c1-14-23(26(33)35-5)24(18-7-9-19(10-8-18)36-15(2)30)29-25(32)22(38-27(29)28-14)13-17-6-11-20(37-16(3)31)21(12-17)34-4/h6-13,24H,1-5H3/b22-13-/t24-/m0/s1. The molecule has 11 heteroatoms. The van der Waals surface area contributed by atoms with Gasteiger partial charge in [0.15, 0.2) is 16.3 Å². The van der Waals surface area contributed by atoms with Gasteiger partial charge in [0.05, 0.1) is 36.1 Å². The van der Waals surface area contributed by atoms with Gasteiger partial charge in [-0.25, -0.2) is 9.79 Å². The molecule has 0 amide bonds. The van der Waals surface area contributed by atoms with E-state index in [-0.39, 0.29) is 16.9 Å². The lowest BCUT2D eigenvalue weighted by atomic mass is 9.96. The summed E-state index contributed by atoms with van der Waals surface area (Å²) in [5.74, 6) is -0.637. The van der Waals surface area contributed by atoms with E-state index in [1.807, 2.05) is 0 Å². The van der Waals surface area contributed by atoms with Crippen LogP contribution < -0.4 is 29.1 Å². The maximum atomic E-state index is 13.7. The van der Waals surface area contributed by atoms with E-state index in [1.54, 1.807) is 55.5 Å². The van der Waals surface area contributed by atoms with Crippen molar-refractivity contribution >= 4 is 35.3 Å². The van der Waals surface area contributed by atoms with Crippen molar-refractivity contribution in [2.24, 2.45) is 4.99 Å². The highest BCUT2D eigenvalue weighted by molar-refractivity contribution is 7.07. The van der Waals surface area contributed by atoms with E-state index in [2.05, 4.69) is 4.99 Å². The molecule has 2 heterocycles. The molecule has 2 aromatic carbocycles. The lowest BCUT2D eigenvalue weighted by molar-refractivity contribution is -0.136. The van der Waals surface area contributed by atoms with Crippen molar-refractivity contribution in [1.82, 2.24) is 4.57 Å². The van der Waals surface area contributed by atoms with Gasteiger partial charge in [0.25, 0.3) is 5.56 Å². The second kappa shape index (κ2) is 10.9. The first-order valence-electron chi connectivity index (χ1n) is 11.4. The number of allylic oxidation sites excluding steroid dienone is 1. The quantitative estimate of drug-likeness (QED) is 0.347. The highest BCUT2D eigenvalue weighted by Gasteiger charge is 2.33. The van der Waals surface area contributed by atoms with Crippen LogP contribution in [0.1, 0.15) is 37.9 Å². The number of fused-ring (bicyclic) bond motifs is 1. The average Bonchev–Trinajstić information content (AvgIpc) is 3.17. The van der Waals surface area contributed by atoms with E-state index in [1.165, 1.54) is 44.0 Å². The predicted octanol–water partition coefficient (Wildman–Crippen LogP) is 2.27. The summed E-state index contributed by atoms with van der Waals surface area (Å²) in [6.07, 6.45) is 1.67. The second-order valence-corrected chi connectivity index (χ2v) is 9.25. The van der Waals surface area contributed by atoms with Crippen LogP contribution in [0.2, 0.25) is 0 Å². The van der Waals surface area contributed by atoms with Crippen LogP contribution in [-0.2, 0) is 19.1 Å². The van der Waals surface area contributed by atoms with E-state index < -0.39 is 23.9 Å². The number of benzene rings is 2. The van der Waals surface area contributed by atoms with Crippen molar-refractivity contribution in [2.45, 2.75) is 26.8 Å². The summed E-state index contributed by atoms with van der Waals surface area (Å²) in [7, 11) is 2.71. The molecule has 1 aromatic heterocycles. The Kier molecular flexibility index (Phi) is 7.58. The monoisotopic (exact) mass is 536 g/mol. The minimum Gasteiger partial charge on any atom is -0.493 e. The number of nitrogens with zero attached hydrogens (tertiary/aromatic N) is 2. The van der Waals surface area contributed by atoms with Gasteiger partial charge < -0.3 is 18.9 Å². The van der Waals surface area contributed by atoms with Crippen molar-refractivity contribution < 1.29 is 33.3 Å². The number of carbonyl (C=O) groups is 3. The number of hydrogen-bond acceptors (Lipinski definition) is 10. The summed E-state index contributed by atoms with van der Waals surface area (Å²) >= 11 is 1.17. The van der Waals surface area contributed by atoms with Crippen LogP contribution in [-0.4, -0.2) is 36.7 Å². The molecule has 1 atom stereocenters. The summed E-state index contributed by atoms with van der Waals surface area (Å²) in [5.41, 5.74) is 1.52. The normalized spacial score (nSPS) is 14.9. The van der Waals surface area contributed by atoms with Crippen molar-refractivity contribution in [2.75, 3.05) is 14.2 Å². The first-order valence-corrected chi connectivity index (χ1v) is 12.2. The molecule has 38 heavy (non-hydrogen) atoms. The van der Waals surface area contributed by atoms with Crippen LogP contribution in [0.4, 0.5) is 0 Å². The van der Waals surface area contributed by atoms with Gasteiger partial charge in [0, 0.05) is 13.8 Å². The number of ether oxygens (including phenoxy) is 4. The van der Waals surface area contributed by atoms with Crippen LogP contribution in [0.25, 0.3) is 6.08 Å². The lowest BCUT2D eigenvalue weighted by Crippen LogP contribution is -2.39. The van der Waals surface area contributed by atoms with E-state index in [0.29, 0.717) is 37.7 Å². The molecule has 10 nitrogen and oxygen atoms in total. The molecule has 196 valence electrons. The zero-order valence-corrected chi connectivity index (χ0v) is 22.1. The Hall–Kier alpha value is -4.51. The minimum absolute atomic E-state index is 0.221. The SMILES string of the molecule is COC(=O)C1=C(C)N=c2s/c(=C\c3ccc(OC(C)=O)c(OC)c3)c(=O)n2[C@H]1c1ccc(OC(C)=O)cc1. The Morgan fingerprint density at radius 3 is 2.26 bits per heavy atom. The first-order chi connectivity index (χ1) is 18.1. The van der Waals surface area contributed by atoms with Crippen molar-refractivity contribution in [3.8, 4) is 17.2 Å². The lowest BCUT2D eigenvalue weighted by Gasteiger charge is -2.24. The van der Waals surface area contributed by atoms with Crippen molar-refractivity contribution in [1.29, 1.82) is 0 Å². The number of esters is 3.